The first-order valence-corrected chi connectivity index (χ1v) is 12.8. The monoisotopic (exact) mass is 484 g/mol. The molecule has 0 unspecified atom stereocenters. The van der Waals surface area contributed by atoms with Gasteiger partial charge in [-0.1, -0.05) is 41.6 Å². The summed E-state index contributed by atoms with van der Waals surface area (Å²) in [5, 5.41) is 1.22. The zero-order chi connectivity index (χ0) is 22.8. The molecule has 2 N–H and O–H groups in total. The number of nitrogens with zero attached hydrogens (tertiary/aromatic N) is 3. The van der Waals surface area contributed by atoms with E-state index in [4.69, 9.17) is 22.1 Å². The van der Waals surface area contributed by atoms with Crippen LogP contribution in [0, 0.1) is 6.92 Å². The SMILES string of the molecule is C=C(CS(C)(=O)=O)N(Cc1cccc(Cl)c1C)c1nc(N2CCOCC2)sc1C(N)=O. The second-order valence-corrected chi connectivity index (χ2v) is 10.9. The number of anilines is 2. The van der Waals surface area contributed by atoms with E-state index in [-0.39, 0.29) is 17.2 Å². The number of carbonyl (C=O) groups is 1. The molecule has 3 rings (SSSR count). The van der Waals surface area contributed by atoms with E-state index in [1.54, 1.807) is 11.0 Å². The van der Waals surface area contributed by atoms with Gasteiger partial charge in [-0.25, -0.2) is 13.4 Å². The fourth-order valence-electron chi connectivity index (χ4n) is 3.25. The van der Waals surface area contributed by atoms with Crippen LogP contribution in [0.25, 0.3) is 0 Å². The molecule has 0 saturated carbocycles. The Morgan fingerprint density at radius 3 is 2.68 bits per heavy atom. The number of benzene rings is 1. The molecule has 0 atom stereocenters. The minimum atomic E-state index is -3.37. The van der Waals surface area contributed by atoms with E-state index in [2.05, 4.69) is 11.6 Å². The standard InChI is InChI=1S/C20H25ClN4O4S2/c1-13(12-31(3,27)28)25(11-15-5-4-6-16(21)14(15)2)19-17(18(22)26)30-20(23-19)24-7-9-29-10-8-24/h4-6H,1,7-12H2,2-3H3,(H2,22,26). The lowest BCUT2D eigenvalue weighted by Crippen LogP contribution is -2.36. The van der Waals surface area contributed by atoms with Crippen LogP contribution in [0.3, 0.4) is 0 Å². The molecular formula is C20H25ClN4O4S2. The first-order chi connectivity index (χ1) is 14.6. The van der Waals surface area contributed by atoms with Gasteiger partial charge >= 0.3 is 0 Å². The summed E-state index contributed by atoms with van der Waals surface area (Å²) in [5.74, 6) is -0.617. The van der Waals surface area contributed by atoms with Gasteiger partial charge in [0.15, 0.2) is 20.8 Å². The van der Waals surface area contributed by atoms with Crippen LogP contribution in [0.4, 0.5) is 10.9 Å². The zero-order valence-electron chi connectivity index (χ0n) is 17.4. The fourth-order valence-corrected chi connectivity index (χ4v) is 5.17. The molecule has 0 spiro atoms. The van der Waals surface area contributed by atoms with E-state index in [0.29, 0.717) is 48.0 Å². The first-order valence-electron chi connectivity index (χ1n) is 9.57. The van der Waals surface area contributed by atoms with E-state index in [1.165, 1.54) is 11.3 Å². The Bertz CT molecular complexity index is 1090. The molecule has 0 bridgehead atoms. The summed E-state index contributed by atoms with van der Waals surface area (Å²) >= 11 is 7.46. The van der Waals surface area contributed by atoms with Crippen LogP contribution in [0.2, 0.25) is 5.02 Å². The molecular weight excluding hydrogens is 460 g/mol. The molecule has 1 amide bonds. The lowest BCUT2D eigenvalue weighted by Gasteiger charge is -2.27. The van der Waals surface area contributed by atoms with Crippen molar-refractivity contribution in [2.24, 2.45) is 5.73 Å². The largest absolute Gasteiger partial charge is 0.378 e. The second-order valence-electron chi connectivity index (χ2n) is 7.36. The van der Waals surface area contributed by atoms with E-state index in [0.717, 1.165) is 17.4 Å². The number of rotatable bonds is 8. The van der Waals surface area contributed by atoms with Crippen LogP contribution < -0.4 is 15.5 Å². The van der Waals surface area contributed by atoms with Gasteiger partial charge in [0, 0.05) is 36.6 Å². The predicted octanol–water partition coefficient (Wildman–Crippen LogP) is 2.61. The maximum Gasteiger partial charge on any atom is 0.262 e. The summed E-state index contributed by atoms with van der Waals surface area (Å²) in [6.45, 7) is 8.51. The van der Waals surface area contributed by atoms with Crippen LogP contribution in [-0.4, -0.2) is 57.6 Å². The number of amides is 1. The summed E-state index contributed by atoms with van der Waals surface area (Å²) in [4.78, 5) is 20.8. The van der Waals surface area contributed by atoms with Gasteiger partial charge in [0.2, 0.25) is 0 Å². The van der Waals surface area contributed by atoms with Gasteiger partial charge in [0.25, 0.3) is 5.91 Å². The van der Waals surface area contributed by atoms with Crippen molar-refractivity contribution < 1.29 is 17.9 Å². The molecule has 168 valence electrons. The maximum atomic E-state index is 12.3. The highest BCUT2D eigenvalue weighted by atomic mass is 35.5. The highest BCUT2D eigenvalue weighted by Crippen LogP contribution is 2.35. The number of hydrogen-bond donors (Lipinski definition) is 1. The fraction of sp³-hybridized carbons (Fsp3) is 0.400. The minimum Gasteiger partial charge on any atom is -0.378 e. The van der Waals surface area contributed by atoms with Gasteiger partial charge < -0.3 is 20.3 Å². The average molecular weight is 485 g/mol. The van der Waals surface area contributed by atoms with Crippen LogP contribution in [0.5, 0.6) is 0 Å². The molecule has 1 aliphatic rings. The summed E-state index contributed by atoms with van der Waals surface area (Å²) in [6.07, 6.45) is 1.14. The number of nitrogens with two attached hydrogens (primary N) is 1. The normalized spacial score (nSPS) is 14.5. The van der Waals surface area contributed by atoms with Crippen molar-refractivity contribution in [1.82, 2.24) is 4.98 Å². The molecule has 0 radical (unpaired) electrons. The van der Waals surface area contributed by atoms with Gasteiger partial charge in [-0.3, -0.25) is 4.79 Å². The minimum absolute atomic E-state index is 0.243. The molecule has 1 saturated heterocycles. The van der Waals surface area contributed by atoms with Crippen LogP contribution in [0.15, 0.2) is 30.5 Å². The third kappa shape index (κ3) is 5.76. The number of carbonyl (C=O) groups excluding carboxylic acids is 1. The van der Waals surface area contributed by atoms with Crippen molar-refractivity contribution in [3.05, 3.63) is 51.5 Å². The van der Waals surface area contributed by atoms with E-state index in [1.807, 2.05) is 24.0 Å². The third-order valence-corrected chi connectivity index (χ3v) is 7.26. The van der Waals surface area contributed by atoms with Crippen molar-refractivity contribution >= 4 is 49.6 Å². The topological polar surface area (TPSA) is 106 Å². The number of thiazole rings is 1. The number of ether oxygens (including phenoxy) is 1. The van der Waals surface area contributed by atoms with Crippen molar-refractivity contribution in [2.75, 3.05) is 48.1 Å². The molecule has 1 fully saturated rings. The van der Waals surface area contributed by atoms with Gasteiger partial charge in [-0.15, -0.1) is 0 Å². The first kappa shape index (κ1) is 23.5. The summed E-state index contributed by atoms with van der Waals surface area (Å²) in [5.41, 5.74) is 7.67. The number of primary amides is 1. The Balaban J connectivity index is 2.07. The van der Waals surface area contributed by atoms with Gasteiger partial charge in [-0.05, 0) is 24.1 Å². The Morgan fingerprint density at radius 1 is 1.39 bits per heavy atom. The summed E-state index contributed by atoms with van der Waals surface area (Å²) in [7, 11) is -3.37. The lowest BCUT2D eigenvalue weighted by molar-refractivity contribution is 0.100. The van der Waals surface area contributed by atoms with Crippen molar-refractivity contribution in [2.45, 2.75) is 13.5 Å². The van der Waals surface area contributed by atoms with Gasteiger partial charge in [-0.2, -0.15) is 0 Å². The van der Waals surface area contributed by atoms with Crippen molar-refractivity contribution in [3.8, 4) is 0 Å². The highest BCUT2D eigenvalue weighted by molar-refractivity contribution is 7.90. The smallest absolute Gasteiger partial charge is 0.262 e. The third-order valence-electron chi connectivity index (χ3n) is 4.88. The molecule has 31 heavy (non-hydrogen) atoms. The summed E-state index contributed by atoms with van der Waals surface area (Å²) < 4.78 is 29.4. The van der Waals surface area contributed by atoms with Gasteiger partial charge in [0.05, 0.1) is 19.0 Å². The maximum absolute atomic E-state index is 12.3. The quantitative estimate of drug-likeness (QED) is 0.613. The number of hydrogen-bond acceptors (Lipinski definition) is 8. The molecule has 8 nitrogen and oxygen atoms in total. The number of aromatic nitrogens is 1. The summed E-state index contributed by atoms with van der Waals surface area (Å²) in [6, 6.07) is 5.49. The van der Waals surface area contributed by atoms with Gasteiger partial charge in [0.1, 0.15) is 4.88 Å². The van der Waals surface area contributed by atoms with E-state index in [9.17, 15) is 13.2 Å². The second kappa shape index (κ2) is 9.56. The molecule has 1 aliphatic heterocycles. The number of morpholine rings is 1. The Hall–Kier alpha value is -2.14. The van der Waals surface area contributed by atoms with E-state index >= 15 is 0 Å². The molecule has 11 heteroatoms. The van der Waals surface area contributed by atoms with Crippen LogP contribution in [0.1, 0.15) is 20.8 Å². The molecule has 2 heterocycles. The molecule has 0 aliphatic carbocycles. The van der Waals surface area contributed by atoms with Crippen molar-refractivity contribution in [3.63, 3.8) is 0 Å². The Kier molecular flexibility index (Phi) is 7.25. The van der Waals surface area contributed by atoms with Crippen LogP contribution in [-0.2, 0) is 21.1 Å². The Morgan fingerprint density at radius 2 is 2.06 bits per heavy atom. The average Bonchev–Trinajstić information content (AvgIpc) is 3.14. The predicted molar refractivity (Wildman–Crippen MR) is 125 cm³/mol. The molecule has 1 aromatic carbocycles. The van der Waals surface area contributed by atoms with Crippen LogP contribution >= 0.6 is 22.9 Å². The lowest BCUT2D eigenvalue weighted by atomic mass is 10.1. The van der Waals surface area contributed by atoms with Crippen molar-refractivity contribution in [1.29, 1.82) is 0 Å². The molecule has 2 aromatic rings. The number of sulfone groups is 1. The highest BCUT2D eigenvalue weighted by Gasteiger charge is 2.27. The number of halogens is 1. The van der Waals surface area contributed by atoms with E-state index < -0.39 is 15.7 Å². The zero-order valence-corrected chi connectivity index (χ0v) is 19.8. The Labute approximate surface area is 191 Å². The molecule has 1 aromatic heterocycles.